The Hall–Kier alpha value is -2.59. The minimum Gasteiger partial charge on any atom is -0.360 e. The van der Waals surface area contributed by atoms with Crippen LogP contribution in [0.4, 0.5) is 5.69 Å². The molecule has 2 atom stereocenters. The molecule has 196 valence electrons. The Balaban J connectivity index is 1.20. The second-order valence-corrected chi connectivity index (χ2v) is 13.1. The Morgan fingerprint density at radius 2 is 1.95 bits per heavy atom. The molecular weight excluding hydrogens is 510 g/mol. The van der Waals surface area contributed by atoms with Gasteiger partial charge < -0.3 is 15.2 Å². The van der Waals surface area contributed by atoms with Crippen LogP contribution in [0.3, 0.4) is 0 Å². The first-order chi connectivity index (χ1) is 17.7. The van der Waals surface area contributed by atoms with Gasteiger partial charge in [0.15, 0.2) is 0 Å². The zero-order valence-corrected chi connectivity index (χ0v) is 22.6. The quantitative estimate of drug-likeness (QED) is 0.497. The van der Waals surface area contributed by atoms with Crippen LogP contribution in [0, 0.1) is 0 Å². The minimum atomic E-state index is -3.66. The standard InChI is InChI=1S/C27H32ClN5O3S/c1-31(2)17-27(11-12-27)19-6-8-20(9-7-19)33-16-25-23(4-3-13-32(25)37(33,35)36)30-26(34)18-5-10-21-22(28)15-29-24(21)14-18/h5-10,14-15,23,25,29H,3-4,11-13,16-17H2,1-2H3,(H,30,34)/t23-,25-/m1/s1. The first-order valence-electron chi connectivity index (χ1n) is 12.8. The number of nitrogens with one attached hydrogen (secondary N) is 2. The van der Waals surface area contributed by atoms with Crippen LogP contribution < -0.4 is 9.62 Å². The summed E-state index contributed by atoms with van der Waals surface area (Å²) in [6, 6.07) is 12.8. The number of likely N-dealkylation sites (N-methyl/N-ethyl adjacent to an activating group) is 1. The van der Waals surface area contributed by atoms with Crippen LogP contribution in [-0.4, -0.2) is 74.3 Å². The molecule has 2 saturated heterocycles. The molecule has 3 aliphatic rings. The summed E-state index contributed by atoms with van der Waals surface area (Å²) in [5.74, 6) is -0.213. The van der Waals surface area contributed by atoms with Crippen molar-refractivity contribution in [3.05, 3.63) is 64.8 Å². The van der Waals surface area contributed by atoms with E-state index >= 15 is 0 Å². The van der Waals surface area contributed by atoms with E-state index in [1.54, 1.807) is 22.6 Å². The molecule has 0 bridgehead atoms. The molecular formula is C27H32ClN5O3S. The van der Waals surface area contributed by atoms with Crippen molar-refractivity contribution in [2.45, 2.75) is 43.2 Å². The molecule has 0 radical (unpaired) electrons. The van der Waals surface area contributed by atoms with Gasteiger partial charge in [-0.2, -0.15) is 12.7 Å². The van der Waals surface area contributed by atoms with E-state index in [2.05, 4.69) is 41.4 Å². The summed E-state index contributed by atoms with van der Waals surface area (Å²) in [4.78, 5) is 18.4. The first-order valence-corrected chi connectivity index (χ1v) is 14.6. The van der Waals surface area contributed by atoms with Gasteiger partial charge in [0.1, 0.15) is 0 Å². The molecule has 1 saturated carbocycles. The lowest BCUT2D eigenvalue weighted by Gasteiger charge is -2.34. The Kier molecular flexibility index (Phi) is 6.02. The van der Waals surface area contributed by atoms with Crippen molar-refractivity contribution in [1.29, 1.82) is 0 Å². The maximum absolute atomic E-state index is 13.5. The molecule has 3 aromatic rings. The first kappa shape index (κ1) is 24.7. The molecule has 37 heavy (non-hydrogen) atoms. The number of benzene rings is 2. The largest absolute Gasteiger partial charge is 0.360 e. The summed E-state index contributed by atoms with van der Waals surface area (Å²) < 4.78 is 30.1. The number of hydrogen-bond donors (Lipinski definition) is 2. The monoisotopic (exact) mass is 541 g/mol. The highest BCUT2D eigenvalue weighted by atomic mass is 35.5. The molecule has 2 aliphatic heterocycles. The average Bonchev–Trinajstić information content (AvgIpc) is 3.47. The smallest absolute Gasteiger partial charge is 0.304 e. The second kappa shape index (κ2) is 9.01. The highest BCUT2D eigenvalue weighted by Gasteiger charge is 2.49. The van der Waals surface area contributed by atoms with Gasteiger partial charge in [-0.3, -0.25) is 9.10 Å². The fourth-order valence-electron chi connectivity index (χ4n) is 6.09. The van der Waals surface area contributed by atoms with Gasteiger partial charge in [0.05, 0.1) is 23.3 Å². The number of carbonyl (C=O) groups is 1. The predicted octanol–water partition coefficient (Wildman–Crippen LogP) is 3.74. The molecule has 10 heteroatoms. The number of rotatable bonds is 6. The third-order valence-corrected chi connectivity index (χ3v) is 10.4. The number of aromatic nitrogens is 1. The third-order valence-electron chi connectivity index (χ3n) is 8.11. The van der Waals surface area contributed by atoms with E-state index < -0.39 is 10.2 Å². The van der Waals surface area contributed by atoms with Crippen molar-refractivity contribution in [2.75, 3.05) is 38.0 Å². The van der Waals surface area contributed by atoms with E-state index in [0.29, 0.717) is 35.8 Å². The van der Waals surface area contributed by atoms with Gasteiger partial charge in [0.2, 0.25) is 0 Å². The molecule has 8 nitrogen and oxygen atoms in total. The number of aromatic amines is 1. The Morgan fingerprint density at radius 3 is 2.65 bits per heavy atom. The highest BCUT2D eigenvalue weighted by molar-refractivity contribution is 7.90. The normalized spacial score (nSPS) is 24.4. The number of hydrogen-bond acceptors (Lipinski definition) is 4. The van der Waals surface area contributed by atoms with Crippen LogP contribution >= 0.6 is 11.6 Å². The van der Waals surface area contributed by atoms with E-state index in [0.717, 1.165) is 36.7 Å². The van der Waals surface area contributed by atoms with Crippen molar-refractivity contribution in [1.82, 2.24) is 19.5 Å². The number of carbonyl (C=O) groups excluding carboxylic acids is 1. The lowest BCUT2D eigenvalue weighted by atomic mass is 9.95. The molecule has 1 aliphatic carbocycles. The molecule has 3 fully saturated rings. The highest BCUT2D eigenvalue weighted by Crippen LogP contribution is 2.49. The van der Waals surface area contributed by atoms with Crippen molar-refractivity contribution < 1.29 is 13.2 Å². The number of H-pyrrole nitrogens is 1. The van der Waals surface area contributed by atoms with Crippen molar-refractivity contribution in [3.8, 4) is 0 Å². The fourth-order valence-corrected chi connectivity index (χ4v) is 8.21. The molecule has 6 rings (SSSR count). The minimum absolute atomic E-state index is 0.188. The zero-order chi connectivity index (χ0) is 25.9. The van der Waals surface area contributed by atoms with Gasteiger partial charge in [0, 0.05) is 47.2 Å². The molecule has 0 spiro atoms. The molecule has 2 N–H and O–H groups in total. The number of piperidine rings is 1. The number of nitrogens with zero attached hydrogens (tertiary/aromatic N) is 3. The van der Waals surface area contributed by atoms with Crippen LogP contribution in [-0.2, 0) is 15.6 Å². The summed E-state index contributed by atoms with van der Waals surface area (Å²) >= 11 is 6.16. The number of fused-ring (bicyclic) bond motifs is 2. The van der Waals surface area contributed by atoms with Crippen LogP contribution in [0.25, 0.3) is 10.9 Å². The van der Waals surface area contributed by atoms with Gasteiger partial charge in [-0.15, -0.1) is 0 Å². The lowest BCUT2D eigenvalue weighted by Crippen LogP contribution is -2.54. The Labute approximate surface area is 222 Å². The number of amides is 1. The zero-order valence-electron chi connectivity index (χ0n) is 21.1. The van der Waals surface area contributed by atoms with Crippen molar-refractivity contribution in [3.63, 3.8) is 0 Å². The second-order valence-electron chi connectivity index (χ2n) is 10.9. The molecule has 3 heterocycles. The lowest BCUT2D eigenvalue weighted by molar-refractivity contribution is 0.0901. The van der Waals surface area contributed by atoms with Crippen LogP contribution in [0.1, 0.15) is 41.6 Å². The molecule has 1 aromatic heterocycles. The average molecular weight is 542 g/mol. The van der Waals surface area contributed by atoms with Gasteiger partial charge in [-0.25, -0.2) is 0 Å². The summed E-state index contributed by atoms with van der Waals surface area (Å²) in [7, 11) is 0.511. The van der Waals surface area contributed by atoms with Crippen molar-refractivity contribution in [2.24, 2.45) is 0 Å². The molecule has 1 amide bonds. The van der Waals surface area contributed by atoms with Gasteiger partial charge in [0.25, 0.3) is 5.91 Å². The van der Waals surface area contributed by atoms with E-state index in [9.17, 15) is 13.2 Å². The number of anilines is 1. The van der Waals surface area contributed by atoms with Gasteiger partial charge >= 0.3 is 10.2 Å². The molecule has 0 unspecified atom stereocenters. The van der Waals surface area contributed by atoms with Crippen LogP contribution in [0.5, 0.6) is 0 Å². The molecule has 2 aromatic carbocycles. The predicted molar refractivity (Wildman–Crippen MR) is 146 cm³/mol. The van der Waals surface area contributed by atoms with Crippen LogP contribution in [0.2, 0.25) is 5.02 Å². The summed E-state index contributed by atoms with van der Waals surface area (Å²) in [6.45, 7) is 1.78. The SMILES string of the molecule is CN(C)CC1(c2ccc(N3C[C@@H]4[C@H](NC(=O)c5ccc6c(Cl)c[nH]c6c5)CCCN4S3(=O)=O)cc2)CC1. The number of halogens is 1. The third kappa shape index (κ3) is 4.31. The van der Waals surface area contributed by atoms with E-state index in [1.165, 1.54) is 9.87 Å². The van der Waals surface area contributed by atoms with Gasteiger partial charge in [-0.1, -0.05) is 29.8 Å². The van der Waals surface area contributed by atoms with E-state index in [4.69, 9.17) is 11.6 Å². The van der Waals surface area contributed by atoms with E-state index in [1.807, 2.05) is 18.2 Å². The van der Waals surface area contributed by atoms with E-state index in [-0.39, 0.29) is 23.4 Å². The van der Waals surface area contributed by atoms with Crippen molar-refractivity contribution >= 4 is 44.3 Å². The Morgan fingerprint density at radius 1 is 1.19 bits per heavy atom. The Bertz CT molecular complexity index is 1450. The summed E-state index contributed by atoms with van der Waals surface area (Å²) in [6.07, 6.45) is 5.45. The summed E-state index contributed by atoms with van der Waals surface area (Å²) in [5.41, 5.74) is 3.44. The summed E-state index contributed by atoms with van der Waals surface area (Å²) in [5, 5.41) is 4.59. The van der Waals surface area contributed by atoms with Gasteiger partial charge in [-0.05, 0) is 69.6 Å². The maximum Gasteiger partial charge on any atom is 0.304 e. The fraction of sp³-hybridized carbons (Fsp3) is 0.444. The maximum atomic E-state index is 13.5. The topological polar surface area (TPSA) is 88.8 Å². The van der Waals surface area contributed by atoms with Crippen LogP contribution in [0.15, 0.2) is 48.7 Å².